The van der Waals surface area contributed by atoms with Crippen LogP contribution in [-0.4, -0.2) is 25.1 Å². The molecule has 92 valence electrons. The lowest BCUT2D eigenvalue weighted by Gasteiger charge is -2.24. The zero-order valence-electron chi connectivity index (χ0n) is 9.22. The summed E-state index contributed by atoms with van der Waals surface area (Å²) in [4.78, 5) is -1.98. The van der Waals surface area contributed by atoms with Gasteiger partial charge in [0.2, 0.25) is 4.93 Å². The minimum absolute atomic E-state index is 0.0796. The summed E-state index contributed by atoms with van der Waals surface area (Å²) >= 11 is 0. The van der Waals surface area contributed by atoms with Gasteiger partial charge in [-0.1, -0.05) is 19.4 Å². The lowest BCUT2D eigenvalue weighted by Crippen LogP contribution is -2.39. The van der Waals surface area contributed by atoms with Gasteiger partial charge in [0.1, 0.15) is 0 Å². The van der Waals surface area contributed by atoms with Crippen LogP contribution in [0, 0.1) is 0 Å². The van der Waals surface area contributed by atoms with Gasteiger partial charge in [-0.05, 0) is 18.6 Å². The molecule has 1 unspecified atom stereocenters. The van der Waals surface area contributed by atoms with Gasteiger partial charge in [-0.25, -0.2) is 0 Å². The molecule has 0 aromatic heterocycles. The number of aliphatic hydroxyl groups is 1. The lowest BCUT2D eigenvalue weighted by molar-refractivity contribution is 0.149. The van der Waals surface area contributed by atoms with Crippen LogP contribution in [0.5, 0.6) is 0 Å². The van der Waals surface area contributed by atoms with E-state index in [0.717, 1.165) is 12.5 Å². The smallest absolute Gasteiger partial charge is 0.301 e. The summed E-state index contributed by atoms with van der Waals surface area (Å²) in [5.41, 5.74) is 5.89. The maximum absolute atomic E-state index is 11.7. The molecule has 1 aliphatic carbocycles. The Labute approximate surface area is 95.7 Å². The summed E-state index contributed by atoms with van der Waals surface area (Å²) in [5.74, 6) is 0. The fraction of sp³-hybridized carbons (Fsp3) is 0.600. The summed E-state index contributed by atoms with van der Waals surface area (Å²) in [6.45, 7) is 2.02. The molecule has 6 heteroatoms. The van der Waals surface area contributed by atoms with Crippen LogP contribution in [0.4, 0.5) is 0 Å². The van der Waals surface area contributed by atoms with Crippen molar-refractivity contribution in [1.82, 2.24) is 0 Å². The van der Waals surface area contributed by atoms with E-state index in [1.54, 1.807) is 0 Å². The lowest BCUT2D eigenvalue weighted by atomic mass is 10.1. The number of hydrogen-bond donors (Lipinski definition) is 2. The van der Waals surface area contributed by atoms with Crippen molar-refractivity contribution in [2.75, 3.05) is 6.61 Å². The summed E-state index contributed by atoms with van der Waals surface area (Å²) in [6, 6.07) is 0. The molecule has 0 saturated carbocycles. The Morgan fingerprint density at radius 2 is 2.31 bits per heavy atom. The largest absolute Gasteiger partial charge is 0.399 e. The van der Waals surface area contributed by atoms with Crippen molar-refractivity contribution in [2.24, 2.45) is 5.73 Å². The molecule has 1 atom stereocenters. The van der Waals surface area contributed by atoms with Gasteiger partial charge in [0.05, 0.1) is 6.61 Å². The van der Waals surface area contributed by atoms with E-state index in [1.165, 1.54) is 12.2 Å². The maximum Gasteiger partial charge on any atom is 0.301 e. The summed E-state index contributed by atoms with van der Waals surface area (Å²) < 4.78 is 28.1. The quantitative estimate of drug-likeness (QED) is 0.549. The molecule has 0 fully saturated rings. The van der Waals surface area contributed by atoms with Crippen molar-refractivity contribution in [3.8, 4) is 0 Å². The SMILES string of the molecule is CCCCOS(=O)(=O)C1(O)C=CC(N)=CC1. The number of allylic oxidation sites excluding steroid dienone is 1. The Hall–Kier alpha value is -0.850. The number of nitrogens with two attached hydrogens (primary N) is 1. The zero-order valence-corrected chi connectivity index (χ0v) is 10.0. The average molecular weight is 247 g/mol. The zero-order chi connectivity index (χ0) is 12.2. The molecule has 0 aromatic rings. The van der Waals surface area contributed by atoms with Crippen molar-refractivity contribution < 1.29 is 17.7 Å². The molecule has 0 bridgehead atoms. The first-order valence-corrected chi connectivity index (χ1v) is 6.58. The van der Waals surface area contributed by atoms with Crippen LogP contribution in [0.15, 0.2) is 23.9 Å². The van der Waals surface area contributed by atoms with Crippen LogP contribution in [0.3, 0.4) is 0 Å². The Kier molecular flexibility index (Phi) is 4.12. The van der Waals surface area contributed by atoms with E-state index in [1.807, 2.05) is 6.92 Å². The molecule has 0 spiro atoms. The second-order valence-electron chi connectivity index (χ2n) is 3.72. The minimum Gasteiger partial charge on any atom is -0.399 e. The van der Waals surface area contributed by atoms with Gasteiger partial charge in [-0.15, -0.1) is 0 Å². The molecule has 3 N–H and O–H groups in total. The van der Waals surface area contributed by atoms with Crippen LogP contribution in [0.2, 0.25) is 0 Å². The minimum atomic E-state index is -4.01. The molecule has 1 rings (SSSR count). The Balaban J connectivity index is 2.73. The summed E-state index contributed by atoms with van der Waals surface area (Å²) in [6.07, 6.45) is 5.37. The van der Waals surface area contributed by atoms with Crippen LogP contribution in [-0.2, 0) is 14.3 Å². The highest BCUT2D eigenvalue weighted by molar-refractivity contribution is 7.88. The summed E-state index contributed by atoms with van der Waals surface area (Å²) in [5, 5.41) is 9.92. The van der Waals surface area contributed by atoms with Crippen LogP contribution in [0.25, 0.3) is 0 Å². The molecular weight excluding hydrogens is 230 g/mol. The maximum atomic E-state index is 11.7. The van der Waals surface area contributed by atoms with Crippen molar-refractivity contribution in [1.29, 1.82) is 0 Å². The standard InChI is InChI=1S/C10H17NO4S/c1-2-3-8-15-16(13,14)10(12)6-4-9(11)5-7-10/h4-6,12H,2-3,7-8,11H2,1H3. The Morgan fingerprint density at radius 1 is 1.62 bits per heavy atom. The molecular formula is C10H17NO4S. The van der Waals surface area contributed by atoms with Gasteiger partial charge in [0.25, 0.3) is 0 Å². The van der Waals surface area contributed by atoms with E-state index in [4.69, 9.17) is 9.92 Å². The molecule has 0 radical (unpaired) electrons. The van der Waals surface area contributed by atoms with Gasteiger partial charge in [0.15, 0.2) is 0 Å². The third kappa shape index (κ3) is 2.84. The fourth-order valence-corrected chi connectivity index (χ4v) is 2.29. The third-order valence-corrected chi connectivity index (χ3v) is 3.98. The first-order chi connectivity index (χ1) is 7.41. The van der Waals surface area contributed by atoms with Crippen molar-refractivity contribution in [3.05, 3.63) is 23.9 Å². The second-order valence-corrected chi connectivity index (χ2v) is 5.57. The highest BCUT2D eigenvalue weighted by Crippen LogP contribution is 2.26. The predicted molar refractivity (Wildman–Crippen MR) is 60.8 cm³/mol. The van der Waals surface area contributed by atoms with E-state index in [-0.39, 0.29) is 13.0 Å². The van der Waals surface area contributed by atoms with E-state index in [2.05, 4.69) is 0 Å². The van der Waals surface area contributed by atoms with Gasteiger partial charge >= 0.3 is 10.1 Å². The fourth-order valence-electron chi connectivity index (χ4n) is 1.23. The van der Waals surface area contributed by atoms with E-state index < -0.39 is 15.1 Å². The monoisotopic (exact) mass is 247 g/mol. The molecule has 0 amide bonds. The van der Waals surface area contributed by atoms with Gasteiger partial charge in [-0.3, -0.25) is 4.18 Å². The van der Waals surface area contributed by atoms with Crippen LogP contribution >= 0.6 is 0 Å². The summed E-state index contributed by atoms with van der Waals surface area (Å²) in [7, 11) is -4.01. The molecule has 16 heavy (non-hydrogen) atoms. The normalized spacial score (nSPS) is 25.5. The predicted octanol–water partition coefficient (Wildman–Crippen LogP) is 0.624. The van der Waals surface area contributed by atoms with Gasteiger partial charge in [-0.2, -0.15) is 8.42 Å². The van der Waals surface area contributed by atoms with Crippen LogP contribution < -0.4 is 5.73 Å². The van der Waals surface area contributed by atoms with Gasteiger partial charge < -0.3 is 10.8 Å². The van der Waals surface area contributed by atoms with E-state index in [9.17, 15) is 13.5 Å². The Morgan fingerprint density at radius 3 is 2.81 bits per heavy atom. The molecule has 0 aromatic carbocycles. The topological polar surface area (TPSA) is 89.6 Å². The highest BCUT2D eigenvalue weighted by Gasteiger charge is 2.40. The molecule has 0 aliphatic heterocycles. The second kappa shape index (κ2) is 4.99. The molecule has 5 nitrogen and oxygen atoms in total. The average Bonchev–Trinajstić information content (AvgIpc) is 2.23. The first kappa shape index (κ1) is 13.2. The van der Waals surface area contributed by atoms with Crippen molar-refractivity contribution in [3.63, 3.8) is 0 Å². The van der Waals surface area contributed by atoms with Gasteiger partial charge in [0, 0.05) is 12.1 Å². The molecule has 0 saturated heterocycles. The first-order valence-electron chi connectivity index (χ1n) is 5.17. The number of unbranched alkanes of at least 4 members (excludes halogenated alkanes) is 1. The van der Waals surface area contributed by atoms with Crippen LogP contribution in [0.1, 0.15) is 26.2 Å². The van der Waals surface area contributed by atoms with Crippen molar-refractivity contribution >= 4 is 10.1 Å². The highest BCUT2D eigenvalue weighted by atomic mass is 32.2. The van der Waals surface area contributed by atoms with E-state index in [0.29, 0.717) is 12.1 Å². The molecule has 0 heterocycles. The Bertz CT molecular complexity index is 399. The number of rotatable bonds is 5. The van der Waals surface area contributed by atoms with E-state index >= 15 is 0 Å². The number of hydrogen-bond acceptors (Lipinski definition) is 5. The molecule has 1 aliphatic rings. The third-order valence-electron chi connectivity index (χ3n) is 2.34. The van der Waals surface area contributed by atoms with Crippen molar-refractivity contribution in [2.45, 2.75) is 31.1 Å².